The summed E-state index contributed by atoms with van der Waals surface area (Å²) in [5.41, 5.74) is 2.81. The van der Waals surface area contributed by atoms with Gasteiger partial charge >= 0.3 is 0 Å². The van der Waals surface area contributed by atoms with Crippen LogP contribution < -0.4 is 4.90 Å². The number of benzene rings is 1. The monoisotopic (exact) mass is 380 g/mol. The Bertz CT molecular complexity index is 801. The van der Waals surface area contributed by atoms with E-state index in [2.05, 4.69) is 10.2 Å². The number of halogens is 2. The van der Waals surface area contributed by atoms with Gasteiger partial charge < -0.3 is 14.7 Å². The molecule has 148 valence electrons. The lowest BCUT2D eigenvalue weighted by Gasteiger charge is -2.41. The topological polar surface area (TPSA) is 63.4 Å². The number of rotatable bonds is 7. The first-order valence-corrected chi connectivity index (χ1v) is 9.02. The molecule has 0 amide bonds. The maximum atomic E-state index is 13.3. The molecule has 6 nitrogen and oxygen atoms in total. The number of ether oxygens (including phenoxy) is 1. The third kappa shape index (κ3) is 3.82. The van der Waals surface area contributed by atoms with Crippen LogP contribution in [0.4, 0.5) is 14.7 Å². The highest BCUT2D eigenvalue weighted by Crippen LogP contribution is 2.41. The van der Waals surface area contributed by atoms with Crippen molar-refractivity contribution in [2.24, 2.45) is 0 Å². The maximum Gasteiger partial charge on any atom is 0.252 e. The SMILES string of the molecule is COCCn1c(C(O)c2cccc(C)c2C)nnc1N(C)C1CC(F)(F)C1. The fourth-order valence-corrected chi connectivity index (χ4v) is 3.44. The van der Waals surface area contributed by atoms with E-state index in [0.29, 0.717) is 24.9 Å². The van der Waals surface area contributed by atoms with Gasteiger partial charge in [0, 0.05) is 33.0 Å². The highest BCUT2D eigenvalue weighted by molar-refractivity contribution is 5.39. The van der Waals surface area contributed by atoms with Crippen molar-refractivity contribution >= 4 is 5.95 Å². The highest BCUT2D eigenvalue weighted by Gasteiger charge is 2.48. The average Bonchev–Trinajstić information content (AvgIpc) is 3.02. The van der Waals surface area contributed by atoms with Crippen molar-refractivity contribution in [1.29, 1.82) is 0 Å². The van der Waals surface area contributed by atoms with Crippen LogP contribution in [-0.2, 0) is 11.3 Å². The molecule has 1 saturated carbocycles. The predicted octanol–water partition coefficient (Wildman–Crippen LogP) is 2.86. The number of aryl methyl sites for hydroxylation is 1. The van der Waals surface area contributed by atoms with Crippen LogP contribution in [0.15, 0.2) is 18.2 Å². The minimum absolute atomic E-state index is 0.199. The van der Waals surface area contributed by atoms with E-state index < -0.39 is 12.0 Å². The summed E-state index contributed by atoms with van der Waals surface area (Å²) in [5.74, 6) is -1.77. The van der Waals surface area contributed by atoms with Crippen LogP contribution in [0.5, 0.6) is 0 Å². The molecular weight excluding hydrogens is 354 g/mol. The normalized spacial score (nSPS) is 17.6. The van der Waals surface area contributed by atoms with Crippen LogP contribution in [0.2, 0.25) is 0 Å². The van der Waals surface area contributed by atoms with Crippen molar-refractivity contribution in [3.8, 4) is 0 Å². The van der Waals surface area contributed by atoms with E-state index >= 15 is 0 Å². The van der Waals surface area contributed by atoms with Gasteiger partial charge in [0.1, 0.15) is 6.10 Å². The standard InChI is InChI=1S/C19H26F2N4O2/c1-12-6-5-7-15(13(12)2)16(26)17-22-23-18(25(17)8-9-27-4)24(3)14-10-19(20,21)11-14/h5-7,14,16,26H,8-11H2,1-4H3. The number of anilines is 1. The summed E-state index contributed by atoms with van der Waals surface area (Å²) in [6.07, 6.45) is -1.36. The zero-order valence-corrected chi connectivity index (χ0v) is 16.1. The van der Waals surface area contributed by atoms with Crippen molar-refractivity contribution in [2.45, 2.75) is 51.3 Å². The van der Waals surface area contributed by atoms with E-state index in [-0.39, 0.29) is 18.9 Å². The van der Waals surface area contributed by atoms with E-state index in [1.165, 1.54) is 0 Å². The van der Waals surface area contributed by atoms with Crippen molar-refractivity contribution in [2.75, 3.05) is 25.7 Å². The summed E-state index contributed by atoms with van der Waals surface area (Å²) in [4.78, 5) is 1.72. The molecule has 1 aromatic carbocycles. The molecule has 8 heteroatoms. The first-order chi connectivity index (χ1) is 12.7. The van der Waals surface area contributed by atoms with E-state index in [1.807, 2.05) is 32.0 Å². The summed E-state index contributed by atoms with van der Waals surface area (Å²) >= 11 is 0. The second-order valence-electron chi connectivity index (χ2n) is 7.22. The Morgan fingerprint density at radius 2 is 2.04 bits per heavy atom. The zero-order valence-electron chi connectivity index (χ0n) is 16.1. The molecule has 2 aromatic rings. The summed E-state index contributed by atoms with van der Waals surface area (Å²) in [6, 6.07) is 5.44. The second-order valence-corrected chi connectivity index (χ2v) is 7.22. The number of hydrogen-bond donors (Lipinski definition) is 1. The Kier molecular flexibility index (Phi) is 5.48. The molecule has 0 saturated heterocycles. The third-order valence-corrected chi connectivity index (χ3v) is 5.40. The first kappa shape index (κ1) is 19.7. The lowest BCUT2D eigenvalue weighted by molar-refractivity contribution is -0.0852. The van der Waals surface area contributed by atoms with Crippen LogP contribution in [0.3, 0.4) is 0 Å². The van der Waals surface area contributed by atoms with E-state index in [1.54, 1.807) is 23.6 Å². The van der Waals surface area contributed by atoms with Gasteiger partial charge in [0.2, 0.25) is 5.95 Å². The molecule has 1 aromatic heterocycles. The molecular formula is C19H26F2N4O2. The van der Waals surface area contributed by atoms with Crippen molar-refractivity contribution in [3.05, 3.63) is 40.7 Å². The predicted molar refractivity (Wildman–Crippen MR) is 98.2 cm³/mol. The molecule has 1 heterocycles. The molecule has 1 aliphatic rings. The number of aliphatic hydroxyl groups excluding tert-OH is 1. The Morgan fingerprint density at radius 3 is 2.67 bits per heavy atom. The van der Waals surface area contributed by atoms with E-state index in [0.717, 1.165) is 16.7 Å². The van der Waals surface area contributed by atoms with Crippen molar-refractivity contribution < 1.29 is 18.6 Å². The first-order valence-electron chi connectivity index (χ1n) is 9.02. The average molecular weight is 380 g/mol. The van der Waals surface area contributed by atoms with Crippen LogP contribution in [0.25, 0.3) is 0 Å². The maximum absolute atomic E-state index is 13.3. The molecule has 0 bridgehead atoms. The van der Waals surface area contributed by atoms with Gasteiger partial charge in [-0.2, -0.15) is 0 Å². The lowest BCUT2D eigenvalue weighted by atomic mass is 9.87. The number of aromatic nitrogens is 3. The third-order valence-electron chi connectivity index (χ3n) is 5.40. The molecule has 0 radical (unpaired) electrons. The summed E-state index contributed by atoms with van der Waals surface area (Å²) in [7, 11) is 3.32. The van der Waals surface area contributed by atoms with Gasteiger partial charge in [-0.3, -0.25) is 4.57 Å². The Labute approximate surface area is 157 Å². The smallest absolute Gasteiger partial charge is 0.252 e. The van der Waals surface area contributed by atoms with Crippen molar-refractivity contribution in [1.82, 2.24) is 14.8 Å². The van der Waals surface area contributed by atoms with Gasteiger partial charge in [0.25, 0.3) is 5.92 Å². The quantitative estimate of drug-likeness (QED) is 0.800. The molecule has 27 heavy (non-hydrogen) atoms. The Balaban J connectivity index is 1.93. The van der Waals surface area contributed by atoms with Crippen LogP contribution >= 0.6 is 0 Å². The van der Waals surface area contributed by atoms with Gasteiger partial charge in [0.15, 0.2) is 5.82 Å². The fourth-order valence-electron chi connectivity index (χ4n) is 3.44. The summed E-state index contributed by atoms with van der Waals surface area (Å²) in [5, 5.41) is 19.4. The molecule has 1 N–H and O–H groups in total. The molecule has 1 fully saturated rings. The Morgan fingerprint density at radius 1 is 1.33 bits per heavy atom. The minimum Gasteiger partial charge on any atom is -0.383 e. The number of hydrogen-bond acceptors (Lipinski definition) is 5. The van der Waals surface area contributed by atoms with Gasteiger partial charge in [-0.05, 0) is 30.5 Å². The van der Waals surface area contributed by atoms with E-state index in [9.17, 15) is 13.9 Å². The molecule has 3 rings (SSSR count). The highest BCUT2D eigenvalue weighted by atomic mass is 19.3. The molecule has 1 unspecified atom stereocenters. The lowest BCUT2D eigenvalue weighted by Crippen LogP contribution is -2.50. The number of nitrogens with zero attached hydrogens (tertiary/aromatic N) is 4. The van der Waals surface area contributed by atoms with Crippen LogP contribution in [-0.4, -0.2) is 52.6 Å². The zero-order chi connectivity index (χ0) is 19.8. The number of methoxy groups -OCH3 is 1. The van der Waals surface area contributed by atoms with Crippen LogP contribution in [0, 0.1) is 13.8 Å². The number of alkyl halides is 2. The fraction of sp³-hybridized carbons (Fsp3) is 0.579. The minimum atomic E-state index is -2.61. The van der Waals surface area contributed by atoms with Gasteiger partial charge in [-0.25, -0.2) is 8.78 Å². The van der Waals surface area contributed by atoms with Gasteiger partial charge in [-0.15, -0.1) is 10.2 Å². The van der Waals surface area contributed by atoms with E-state index in [4.69, 9.17) is 4.74 Å². The molecule has 0 aliphatic heterocycles. The molecule has 1 aliphatic carbocycles. The molecule has 1 atom stereocenters. The summed E-state index contributed by atoms with van der Waals surface area (Å²) in [6.45, 7) is 4.75. The summed E-state index contributed by atoms with van der Waals surface area (Å²) < 4.78 is 33.5. The van der Waals surface area contributed by atoms with Gasteiger partial charge in [-0.1, -0.05) is 18.2 Å². The molecule has 0 spiro atoms. The largest absolute Gasteiger partial charge is 0.383 e. The van der Waals surface area contributed by atoms with Crippen molar-refractivity contribution in [3.63, 3.8) is 0 Å². The van der Waals surface area contributed by atoms with Crippen LogP contribution in [0.1, 0.15) is 41.5 Å². The van der Waals surface area contributed by atoms with Gasteiger partial charge in [0.05, 0.1) is 13.2 Å². The Hall–Kier alpha value is -2.06. The number of aliphatic hydroxyl groups is 1. The second kappa shape index (κ2) is 7.52.